The molecule has 0 heterocycles. The molecule has 2 amide bonds. The van der Waals surface area contributed by atoms with Crippen molar-refractivity contribution in [1.29, 1.82) is 0 Å². The van der Waals surface area contributed by atoms with Crippen molar-refractivity contribution in [3.05, 3.63) is 29.3 Å². The van der Waals surface area contributed by atoms with Crippen LogP contribution in [-0.4, -0.2) is 24.4 Å². The minimum atomic E-state index is -0.124. The molecule has 6 heteroatoms. The molecule has 0 aliphatic heterocycles. The Morgan fingerprint density at radius 3 is 2.45 bits per heavy atom. The van der Waals surface area contributed by atoms with Gasteiger partial charge < -0.3 is 16.4 Å². The van der Waals surface area contributed by atoms with Gasteiger partial charge in [-0.2, -0.15) is 0 Å². The van der Waals surface area contributed by atoms with E-state index < -0.39 is 0 Å². The van der Waals surface area contributed by atoms with Gasteiger partial charge in [0.05, 0.1) is 0 Å². The summed E-state index contributed by atoms with van der Waals surface area (Å²) in [5, 5.41) is 5.58. The molecule has 0 spiro atoms. The zero-order valence-electron chi connectivity index (χ0n) is 12.0. The highest BCUT2D eigenvalue weighted by Gasteiger charge is 2.11. The Bertz CT molecular complexity index is 475. The van der Waals surface area contributed by atoms with E-state index in [1.54, 1.807) is 18.2 Å². The Labute approximate surface area is 125 Å². The molecule has 5 nitrogen and oxygen atoms in total. The Kier molecular flexibility index (Phi) is 7.87. The summed E-state index contributed by atoms with van der Waals surface area (Å²) in [4.78, 5) is 23.3. The zero-order chi connectivity index (χ0) is 14.4. The van der Waals surface area contributed by atoms with Crippen molar-refractivity contribution in [3.63, 3.8) is 0 Å². The third-order valence-electron chi connectivity index (χ3n) is 2.55. The van der Waals surface area contributed by atoms with Gasteiger partial charge in [-0.3, -0.25) is 9.59 Å². The molecule has 0 bridgehead atoms. The number of anilines is 1. The molecule has 1 aromatic carbocycles. The van der Waals surface area contributed by atoms with Gasteiger partial charge >= 0.3 is 0 Å². The smallest absolute Gasteiger partial charge is 0.251 e. The van der Waals surface area contributed by atoms with E-state index in [4.69, 9.17) is 5.73 Å². The molecular weight excluding hydrogens is 278 g/mol. The normalized spacial score (nSPS) is 9.85. The summed E-state index contributed by atoms with van der Waals surface area (Å²) in [5.74, 6) is -0.228. The molecule has 0 atom stereocenters. The van der Waals surface area contributed by atoms with Crippen molar-refractivity contribution in [2.75, 3.05) is 11.9 Å². The predicted octanol–water partition coefficient (Wildman–Crippen LogP) is 1.84. The molecular formula is C14H22ClN3O2. The summed E-state index contributed by atoms with van der Waals surface area (Å²) in [5.41, 5.74) is 7.43. The first-order valence-corrected chi connectivity index (χ1v) is 6.35. The Morgan fingerprint density at radius 2 is 1.95 bits per heavy atom. The Morgan fingerprint density at radius 1 is 1.30 bits per heavy atom. The molecule has 0 saturated carbocycles. The standard InChI is InChI=1S/C14H21N3O2.ClH/c1-9(2)16-14(19)12-5-4-11(8-10(12)3)17-13(18)6-7-15;/h4-5,8-9H,6-7,15H2,1-3H3,(H,16,19)(H,17,18);1H. The lowest BCUT2D eigenvalue weighted by Gasteiger charge is -2.12. The molecule has 0 aliphatic carbocycles. The van der Waals surface area contributed by atoms with Crippen LogP contribution in [0.1, 0.15) is 36.2 Å². The second kappa shape index (κ2) is 8.55. The lowest BCUT2D eigenvalue weighted by Crippen LogP contribution is -2.30. The number of amides is 2. The Balaban J connectivity index is 0.00000361. The van der Waals surface area contributed by atoms with Crippen LogP contribution in [-0.2, 0) is 4.79 Å². The molecule has 1 aromatic rings. The fraction of sp³-hybridized carbons (Fsp3) is 0.429. The first-order chi connectivity index (χ1) is 8.93. The SMILES string of the molecule is Cc1cc(NC(=O)CCN)ccc1C(=O)NC(C)C.Cl. The predicted molar refractivity (Wildman–Crippen MR) is 83.3 cm³/mol. The van der Waals surface area contributed by atoms with Gasteiger partial charge in [-0.15, -0.1) is 12.4 Å². The van der Waals surface area contributed by atoms with Crippen molar-refractivity contribution < 1.29 is 9.59 Å². The highest BCUT2D eigenvalue weighted by atomic mass is 35.5. The number of aryl methyl sites for hydroxylation is 1. The lowest BCUT2D eigenvalue weighted by atomic mass is 10.1. The number of benzene rings is 1. The van der Waals surface area contributed by atoms with E-state index >= 15 is 0 Å². The van der Waals surface area contributed by atoms with Gasteiger partial charge in [0.2, 0.25) is 5.91 Å². The maximum absolute atomic E-state index is 11.9. The van der Waals surface area contributed by atoms with Crippen LogP contribution in [0.2, 0.25) is 0 Å². The molecule has 0 radical (unpaired) electrons. The largest absolute Gasteiger partial charge is 0.350 e. The lowest BCUT2D eigenvalue weighted by molar-refractivity contribution is -0.116. The van der Waals surface area contributed by atoms with Crippen LogP contribution in [0.3, 0.4) is 0 Å². The third-order valence-corrected chi connectivity index (χ3v) is 2.55. The number of nitrogens with two attached hydrogens (primary N) is 1. The molecule has 0 aromatic heterocycles. The minimum Gasteiger partial charge on any atom is -0.350 e. The van der Waals surface area contributed by atoms with Crippen LogP contribution in [0.25, 0.3) is 0 Å². The molecule has 4 N–H and O–H groups in total. The van der Waals surface area contributed by atoms with Crippen molar-refractivity contribution in [1.82, 2.24) is 5.32 Å². The van der Waals surface area contributed by atoms with E-state index in [-0.39, 0.29) is 36.7 Å². The average Bonchev–Trinajstić information content (AvgIpc) is 2.27. The number of halogens is 1. The van der Waals surface area contributed by atoms with Gasteiger partial charge in [0.25, 0.3) is 5.91 Å². The topological polar surface area (TPSA) is 84.2 Å². The van der Waals surface area contributed by atoms with Crippen LogP contribution >= 0.6 is 12.4 Å². The molecule has 112 valence electrons. The number of hydrogen-bond donors (Lipinski definition) is 3. The highest BCUT2D eigenvalue weighted by molar-refractivity contribution is 5.97. The highest BCUT2D eigenvalue weighted by Crippen LogP contribution is 2.15. The number of nitrogens with one attached hydrogen (secondary N) is 2. The van der Waals surface area contributed by atoms with Gasteiger partial charge in [0, 0.05) is 30.3 Å². The molecule has 0 unspecified atom stereocenters. The van der Waals surface area contributed by atoms with E-state index in [0.717, 1.165) is 5.56 Å². The fourth-order valence-electron chi connectivity index (χ4n) is 1.69. The molecule has 0 aliphatic rings. The Hall–Kier alpha value is -1.59. The van der Waals surface area contributed by atoms with Gasteiger partial charge in [-0.1, -0.05) is 0 Å². The van der Waals surface area contributed by atoms with E-state index in [9.17, 15) is 9.59 Å². The fourth-order valence-corrected chi connectivity index (χ4v) is 1.69. The van der Waals surface area contributed by atoms with Gasteiger partial charge in [0.15, 0.2) is 0 Å². The van der Waals surface area contributed by atoms with Crippen LogP contribution in [0.15, 0.2) is 18.2 Å². The summed E-state index contributed by atoms with van der Waals surface area (Å²) in [6.07, 6.45) is 0.286. The van der Waals surface area contributed by atoms with Crippen LogP contribution in [0.4, 0.5) is 5.69 Å². The van der Waals surface area contributed by atoms with E-state index in [2.05, 4.69) is 10.6 Å². The third kappa shape index (κ3) is 5.59. The molecule has 20 heavy (non-hydrogen) atoms. The summed E-state index contributed by atoms with van der Waals surface area (Å²) in [6, 6.07) is 5.31. The first kappa shape index (κ1) is 18.4. The molecule has 0 fully saturated rings. The minimum absolute atomic E-state index is 0. The maximum Gasteiger partial charge on any atom is 0.251 e. The number of rotatable bonds is 5. The van der Waals surface area contributed by atoms with Crippen LogP contribution in [0.5, 0.6) is 0 Å². The van der Waals surface area contributed by atoms with E-state index in [0.29, 0.717) is 17.8 Å². The number of hydrogen-bond acceptors (Lipinski definition) is 3. The summed E-state index contributed by atoms with van der Waals surface area (Å²) in [7, 11) is 0. The second-order valence-corrected chi connectivity index (χ2v) is 4.74. The number of carbonyl (C=O) groups is 2. The van der Waals surface area contributed by atoms with Crippen LogP contribution < -0.4 is 16.4 Å². The van der Waals surface area contributed by atoms with E-state index in [1.807, 2.05) is 20.8 Å². The van der Waals surface area contributed by atoms with Gasteiger partial charge in [-0.05, 0) is 44.5 Å². The first-order valence-electron chi connectivity index (χ1n) is 6.35. The molecule has 1 rings (SSSR count). The summed E-state index contributed by atoms with van der Waals surface area (Å²) >= 11 is 0. The summed E-state index contributed by atoms with van der Waals surface area (Å²) in [6.45, 7) is 5.98. The van der Waals surface area contributed by atoms with Crippen molar-refractivity contribution in [3.8, 4) is 0 Å². The summed E-state index contributed by atoms with van der Waals surface area (Å²) < 4.78 is 0. The van der Waals surface area contributed by atoms with Crippen molar-refractivity contribution >= 4 is 29.9 Å². The average molecular weight is 300 g/mol. The number of carbonyl (C=O) groups excluding carboxylic acids is 2. The van der Waals surface area contributed by atoms with Gasteiger partial charge in [0.1, 0.15) is 0 Å². The monoisotopic (exact) mass is 299 g/mol. The van der Waals surface area contributed by atoms with Crippen LogP contribution in [0, 0.1) is 6.92 Å². The van der Waals surface area contributed by atoms with E-state index in [1.165, 1.54) is 0 Å². The molecule has 0 saturated heterocycles. The van der Waals surface area contributed by atoms with Gasteiger partial charge in [-0.25, -0.2) is 0 Å². The van der Waals surface area contributed by atoms with Crippen molar-refractivity contribution in [2.45, 2.75) is 33.2 Å². The quantitative estimate of drug-likeness (QED) is 0.775. The second-order valence-electron chi connectivity index (χ2n) is 4.74. The zero-order valence-corrected chi connectivity index (χ0v) is 12.8. The maximum atomic E-state index is 11.9. The van der Waals surface area contributed by atoms with Crippen molar-refractivity contribution in [2.24, 2.45) is 5.73 Å².